The lowest BCUT2D eigenvalue weighted by Gasteiger charge is -2.56. The zero-order valence-electron chi connectivity index (χ0n) is 12.1. The molecule has 4 heteroatoms. The Morgan fingerprint density at radius 1 is 1.00 bits per heavy atom. The van der Waals surface area contributed by atoms with E-state index in [9.17, 15) is 4.79 Å². The molecular weight excluding hydrogens is 328 g/mol. The summed E-state index contributed by atoms with van der Waals surface area (Å²) in [6, 6.07) is 7.69. The number of halogens is 1. The van der Waals surface area contributed by atoms with E-state index in [2.05, 4.69) is 26.6 Å². The molecule has 4 bridgehead atoms. The Labute approximate surface area is 134 Å². The molecule has 4 saturated carbocycles. The number of hydrogen-bond donors (Lipinski definition) is 2. The van der Waals surface area contributed by atoms with Gasteiger partial charge in [-0.15, -0.1) is 0 Å². The van der Waals surface area contributed by atoms with Crippen molar-refractivity contribution in [3.05, 3.63) is 28.7 Å². The monoisotopic (exact) mass is 348 g/mol. The molecule has 4 aliphatic rings. The minimum atomic E-state index is -0.0423. The van der Waals surface area contributed by atoms with Crippen molar-refractivity contribution in [2.45, 2.75) is 44.1 Å². The Bertz CT molecular complexity index is 519. The maximum absolute atomic E-state index is 12.3. The van der Waals surface area contributed by atoms with Gasteiger partial charge in [-0.25, -0.2) is 4.79 Å². The first-order valence-electron chi connectivity index (χ1n) is 7.95. The lowest BCUT2D eigenvalue weighted by atomic mass is 9.53. The van der Waals surface area contributed by atoms with Gasteiger partial charge in [0.05, 0.1) is 0 Å². The molecule has 0 aromatic heterocycles. The molecule has 1 aromatic rings. The smallest absolute Gasteiger partial charge is 0.319 e. The van der Waals surface area contributed by atoms with Crippen LogP contribution in [0.15, 0.2) is 28.7 Å². The van der Waals surface area contributed by atoms with Crippen LogP contribution in [0.1, 0.15) is 38.5 Å². The molecule has 0 aliphatic heterocycles. The van der Waals surface area contributed by atoms with E-state index in [1.54, 1.807) is 0 Å². The van der Waals surface area contributed by atoms with Crippen molar-refractivity contribution in [3.8, 4) is 0 Å². The van der Waals surface area contributed by atoms with Gasteiger partial charge in [-0.1, -0.05) is 15.9 Å². The van der Waals surface area contributed by atoms with Gasteiger partial charge >= 0.3 is 6.03 Å². The molecule has 0 spiro atoms. The number of urea groups is 1. The average molecular weight is 349 g/mol. The van der Waals surface area contributed by atoms with Gasteiger partial charge in [0, 0.05) is 15.7 Å². The van der Waals surface area contributed by atoms with Gasteiger partial charge in [0.15, 0.2) is 0 Å². The third kappa shape index (κ3) is 2.70. The van der Waals surface area contributed by atoms with Crippen LogP contribution in [0.3, 0.4) is 0 Å². The Hall–Kier alpha value is -1.03. The Morgan fingerprint density at radius 2 is 1.52 bits per heavy atom. The molecule has 1 aromatic carbocycles. The van der Waals surface area contributed by atoms with Crippen molar-refractivity contribution >= 4 is 27.6 Å². The second-order valence-electron chi connectivity index (χ2n) is 7.28. The normalized spacial score (nSPS) is 36.5. The van der Waals surface area contributed by atoms with E-state index in [1.807, 2.05) is 24.3 Å². The zero-order chi connectivity index (χ0) is 14.4. The van der Waals surface area contributed by atoms with Gasteiger partial charge in [-0.2, -0.15) is 0 Å². The van der Waals surface area contributed by atoms with E-state index >= 15 is 0 Å². The van der Waals surface area contributed by atoms with Crippen molar-refractivity contribution < 1.29 is 4.79 Å². The molecule has 5 rings (SSSR count). The highest BCUT2D eigenvalue weighted by Gasteiger charge is 2.51. The van der Waals surface area contributed by atoms with Crippen LogP contribution in [-0.2, 0) is 0 Å². The first kappa shape index (κ1) is 13.6. The summed E-state index contributed by atoms with van der Waals surface area (Å²) in [4.78, 5) is 12.3. The second-order valence-corrected chi connectivity index (χ2v) is 8.20. The third-order valence-electron chi connectivity index (χ3n) is 5.52. The third-order valence-corrected chi connectivity index (χ3v) is 6.05. The van der Waals surface area contributed by atoms with Crippen LogP contribution >= 0.6 is 15.9 Å². The molecule has 0 radical (unpaired) electrons. The topological polar surface area (TPSA) is 41.1 Å². The van der Waals surface area contributed by atoms with E-state index < -0.39 is 0 Å². The molecule has 112 valence electrons. The molecule has 4 fully saturated rings. The number of benzene rings is 1. The molecule has 4 aliphatic carbocycles. The van der Waals surface area contributed by atoms with Crippen molar-refractivity contribution in [1.82, 2.24) is 5.32 Å². The molecule has 0 atom stereocenters. The van der Waals surface area contributed by atoms with Gasteiger partial charge in [0.2, 0.25) is 0 Å². The lowest BCUT2D eigenvalue weighted by Crippen LogP contribution is -2.60. The Balaban J connectivity index is 1.43. The first-order valence-corrected chi connectivity index (χ1v) is 8.74. The fourth-order valence-electron chi connectivity index (χ4n) is 5.20. The SMILES string of the molecule is O=C(Nc1ccc(Br)cc1)NC12CC3CC(CC(C3)C1)C2. The van der Waals surface area contributed by atoms with Crippen molar-refractivity contribution in [1.29, 1.82) is 0 Å². The maximum atomic E-state index is 12.3. The van der Waals surface area contributed by atoms with Gasteiger partial charge < -0.3 is 10.6 Å². The standard InChI is InChI=1S/C17H21BrN2O/c18-14-1-3-15(4-2-14)19-16(21)20-17-8-11-5-12(9-17)7-13(6-11)10-17/h1-4,11-13H,5-10H2,(H2,19,20,21). The molecule has 3 nitrogen and oxygen atoms in total. The predicted molar refractivity (Wildman–Crippen MR) is 87.2 cm³/mol. The summed E-state index contributed by atoms with van der Waals surface area (Å²) in [5, 5.41) is 6.30. The van der Waals surface area contributed by atoms with Crippen LogP contribution in [-0.4, -0.2) is 11.6 Å². The summed E-state index contributed by atoms with van der Waals surface area (Å²) in [5.74, 6) is 2.55. The average Bonchev–Trinajstić information content (AvgIpc) is 2.39. The minimum absolute atomic E-state index is 0.0423. The summed E-state index contributed by atoms with van der Waals surface area (Å²) >= 11 is 3.41. The fourth-order valence-corrected chi connectivity index (χ4v) is 5.46. The number of anilines is 1. The first-order chi connectivity index (χ1) is 10.1. The molecule has 0 unspecified atom stereocenters. The lowest BCUT2D eigenvalue weighted by molar-refractivity contribution is -0.0127. The minimum Gasteiger partial charge on any atom is -0.332 e. The Morgan fingerprint density at radius 3 is 2.05 bits per heavy atom. The van der Waals surface area contributed by atoms with Gasteiger partial charge in [0.25, 0.3) is 0 Å². The van der Waals surface area contributed by atoms with Crippen LogP contribution in [0, 0.1) is 17.8 Å². The zero-order valence-corrected chi connectivity index (χ0v) is 13.7. The van der Waals surface area contributed by atoms with Crippen molar-refractivity contribution in [2.24, 2.45) is 17.8 Å². The highest BCUT2D eigenvalue weighted by molar-refractivity contribution is 9.10. The van der Waals surface area contributed by atoms with Gasteiger partial charge in [0.1, 0.15) is 0 Å². The van der Waals surface area contributed by atoms with Crippen LogP contribution < -0.4 is 10.6 Å². The number of carbonyl (C=O) groups is 1. The van der Waals surface area contributed by atoms with E-state index in [1.165, 1.54) is 38.5 Å². The Kier molecular flexibility index (Phi) is 3.25. The summed E-state index contributed by atoms with van der Waals surface area (Å²) in [7, 11) is 0. The highest BCUT2D eigenvalue weighted by Crippen LogP contribution is 2.55. The van der Waals surface area contributed by atoms with Gasteiger partial charge in [-0.3, -0.25) is 0 Å². The highest BCUT2D eigenvalue weighted by atomic mass is 79.9. The van der Waals surface area contributed by atoms with Crippen LogP contribution in [0.4, 0.5) is 10.5 Å². The largest absolute Gasteiger partial charge is 0.332 e. The summed E-state index contributed by atoms with van der Waals surface area (Å²) in [6.07, 6.45) is 7.76. The van der Waals surface area contributed by atoms with Crippen LogP contribution in [0.5, 0.6) is 0 Å². The molecule has 21 heavy (non-hydrogen) atoms. The predicted octanol–water partition coefficient (Wildman–Crippen LogP) is 4.54. The molecule has 0 saturated heterocycles. The summed E-state index contributed by atoms with van der Waals surface area (Å²) < 4.78 is 1.02. The number of amides is 2. The number of rotatable bonds is 2. The fraction of sp³-hybridized carbons (Fsp3) is 0.588. The van der Waals surface area contributed by atoms with E-state index in [0.29, 0.717) is 0 Å². The molecule has 2 amide bonds. The van der Waals surface area contributed by atoms with E-state index in [4.69, 9.17) is 0 Å². The number of hydrogen-bond acceptors (Lipinski definition) is 1. The second kappa shape index (κ2) is 5.01. The van der Waals surface area contributed by atoms with E-state index in [-0.39, 0.29) is 11.6 Å². The summed E-state index contributed by atoms with van der Waals surface area (Å²) in [5.41, 5.74) is 0.925. The molecule has 2 N–H and O–H groups in total. The van der Waals surface area contributed by atoms with Crippen molar-refractivity contribution in [2.75, 3.05) is 5.32 Å². The number of nitrogens with one attached hydrogen (secondary N) is 2. The van der Waals surface area contributed by atoms with Crippen LogP contribution in [0.2, 0.25) is 0 Å². The molecular formula is C17H21BrN2O. The quantitative estimate of drug-likeness (QED) is 0.809. The van der Waals surface area contributed by atoms with E-state index in [0.717, 1.165) is 27.9 Å². The molecule has 0 heterocycles. The number of carbonyl (C=O) groups excluding carboxylic acids is 1. The summed E-state index contributed by atoms with van der Waals surface area (Å²) in [6.45, 7) is 0. The van der Waals surface area contributed by atoms with Gasteiger partial charge in [-0.05, 0) is 80.5 Å². The maximum Gasteiger partial charge on any atom is 0.319 e. The van der Waals surface area contributed by atoms with Crippen LogP contribution in [0.25, 0.3) is 0 Å². The van der Waals surface area contributed by atoms with Crippen molar-refractivity contribution in [3.63, 3.8) is 0 Å².